The van der Waals surface area contributed by atoms with E-state index in [0.29, 0.717) is 26.2 Å². The molecule has 0 unspecified atom stereocenters. The quantitative estimate of drug-likeness (QED) is 0.162. The van der Waals surface area contributed by atoms with Crippen LogP contribution in [-0.2, 0) is 31.0 Å². The van der Waals surface area contributed by atoms with Crippen molar-refractivity contribution in [1.82, 2.24) is 9.80 Å². The minimum Gasteiger partial charge on any atom is -0.492 e. The van der Waals surface area contributed by atoms with Gasteiger partial charge in [0.1, 0.15) is 12.4 Å². The maximum atomic E-state index is 11.3. The Hall–Kier alpha value is -3.45. The van der Waals surface area contributed by atoms with E-state index in [0.717, 1.165) is 41.0 Å². The fourth-order valence-corrected chi connectivity index (χ4v) is 4.76. The molecule has 39 heavy (non-hydrogen) atoms. The molecule has 0 spiro atoms. The molecule has 1 N–H and O–H groups in total. The number of carbonyl (C=O) groups is 1. The molecule has 0 saturated heterocycles. The number of aliphatic carboxylic acids is 1. The Morgan fingerprint density at radius 1 is 0.641 bits per heavy atom. The van der Waals surface area contributed by atoms with Crippen molar-refractivity contribution in [3.8, 4) is 5.75 Å². The lowest BCUT2D eigenvalue weighted by Gasteiger charge is -2.23. The molecular formula is C33H35BrN2O3. The molecule has 0 bridgehead atoms. The first-order valence-electron chi connectivity index (χ1n) is 13.2. The van der Waals surface area contributed by atoms with Crippen LogP contribution in [0.5, 0.6) is 5.75 Å². The van der Waals surface area contributed by atoms with Gasteiger partial charge in [0.2, 0.25) is 0 Å². The van der Waals surface area contributed by atoms with Crippen molar-refractivity contribution >= 4 is 21.9 Å². The Balaban J connectivity index is 1.36. The number of benzene rings is 4. The van der Waals surface area contributed by atoms with E-state index < -0.39 is 5.97 Å². The van der Waals surface area contributed by atoms with Crippen LogP contribution in [-0.4, -0.2) is 40.6 Å². The maximum absolute atomic E-state index is 11.3. The molecule has 4 rings (SSSR count). The first-order chi connectivity index (χ1) is 19.0. The average Bonchev–Trinajstić information content (AvgIpc) is 2.94. The summed E-state index contributed by atoms with van der Waals surface area (Å²) < 4.78 is 7.23. The van der Waals surface area contributed by atoms with Crippen molar-refractivity contribution in [3.63, 3.8) is 0 Å². The topological polar surface area (TPSA) is 53.0 Å². The fourth-order valence-electron chi connectivity index (χ4n) is 4.50. The van der Waals surface area contributed by atoms with E-state index in [-0.39, 0.29) is 6.42 Å². The summed E-state index contributed by atoms with van der Waals surface area (Å²) in [6.07, 6.45) is 0.103. The summed E-state index contributed by atoms with van der Waals surface area (Å²) in [6, 6.07) is 37.3. The van der Waals surface area contributed by atoms with E-state index in [9.17, 15) is 9.90 Å². The molecule has 0 aliphatic rings. The largest absolute Gasteiger partial charge is 0.492 e. The van der Waals surface area contributed by atoms with Crippen LogP contribution >= 0.6 is 15.9 Å². The van der Waals surface area contributed by atoms with Gasteiger partial charge in [-0.25, -0.2) is 0 Å². The minimum atomic E-state index is -0.788. The van der Waals surface area contributed by atoms with Crippen molar-refractivity contribution < 1.29 is 14.6 Å². The smallest absolute Gasteiger partial charge is 0.304 e. The predicted molar refractivity (Wildman–Crippen MR) is 159 cm³/mol. The second kappa shape index (κ2) is 15.2. The zero-order valence-corrected chi connectivity index (χ0v) is 23.7. The van der Waals surface area contributed by atoms with Crippen LogP contribution in [0.4, 0.5) is 0 Å². The first-order valence-corrected chi connectivity index (χ1v) is 14.0. The van der Waals surface area contributed by atoms with E-state index in [1.807, 2.05) is 36.4 Å². The molecule has 0 aliphatic heterocycles. The molecule has 4 aromatic carbocycles. The molecule has 6 heteroatoms. The third-order valence-electron chi connectivity index (χ3n) is 6.44. The standard InChI is InChI=1S/C33H35BrN2O3/c34-31-16-14-29(15-17-31)25-35(19-18-33(37)38)26-30-12-7-13-32(22-30)39-21-20-36(23-27-8-3-1-4-9-27)24-28-10-5-2-6-11-28/h1-17,22H,18-21,23-26H2,(H,37,38). The molecule has 0 saturated carbocycles. The van der Waals surface area contributed by atoms with Gasteiger partial charge in [0.15, 0.2) is 0 Å². The number of carboxylic acid groups (broad SMARTS) is 1. The lowest BCUT2D eigenvalue weighted by molar-refractivity contribution is -0.137. The highest BCUT2D eigenvalue weighted by atomic mass is 79.9. The van der Waals surface area contributed by atoms with Crippen LogP contribution < -0.4 is 4.74 Å². The van der Waals surface area contributed by atoms with E-state index >= 15 is 0 Å². The highest BCUT2D eigenvalue weighted by Gasteiger charge is 2.12. The summed E-state index contributed by atoms with van der Waals surface area (Å²) in [7, 11) is 0. The van der Waals surface area contributed by atoms with Crippen LogP contribution in [0, 0.1) is 0 Å². The number of nitrogens with zero attached hydrogens (tertiary/aromatic N) is 2. The van der Waals surface area contributed by atoms with E-state index in [4.69, 9.17) is 4.74 Å². The van der Waals surface area contributed by atoms with Gasteiger partial charge < -0.3 is 9.84 Å². The van der Waals surface area contributed by atoms with E-state index in [1.165, 1.54) is 11.1 Å². The van der Waals surface area contributed by atoms with Crippen LogP contribution in [0.1, 0.15) is 28.7 Å². The maximum Gasteiger partial charge on any atom is 0.304 e. The van der Waals surface area contributed by atoms with E-state index in [2.05, 4.69) is 98.5 Å². The first kappa shape index (κ1) is 28.6. The second-order valence-electron chi connectivity index (χ2n) is 9.66. The lowest BCUT2D eigenvalue weighted by atomic mass is 10.1. The normalized spacial score (nSPS) is 11.2. The van der Waals surface area contributed by atoms with Gasteiger partial charge in [0, 0.05) is 43.7 Å². The van der Waals surface area contributed by atoms with Crippen LogP contribution in [0.15, 0.2) is 114 Å². The van der Waals surface area contributed by atoms with Crippen molar-refractivity contribution in [1.29, 1.82) is 0 Å². The number of halogens is 1. The third-order valence-corrected chi connectivity index (χ3v) is 6.97. The summed E-state index contributed by atoms with van der Waals surface area (Å²) >= 11 is 3.48. The minimum absolute atomic E-state index is 0.103. The van der Waals surface area contributed by atoms with Gasteiger partial charge in [0.05, 0.1) is 6.42 Å². The zero-order valence-electron chi connectivity index (χ0n) is 22.1. The Labute approximate surface area is 239 Å². The van der Waals surface area contributed by atoms with Gasteiger partial charge in [-0.3, -0.25) is 14.6 Å². The van der Waals surface area contributed by atoms with Crippen LogP contribution in [0.25, 0.3) is 0 Å². The van der Waals surface area contributed by atoms with Crippen molar-refractivity contribution in [3.05, 3.63) is 136 Å². The summed E-state index contributed by atoms with van der Waals surface area (Å²) in [5.41, 5.74) is 4.80. The SMILES string of the molecule is O=C(O)CCN(Cc1ccc(Br)cc1)Cc1cccc(OCCN(Cc2ccccc2)Cc2ccccc2)c1. The molecule has 0 aliphatic carbocycles. The van der Waals surface area contributed by atoms with Gasteiger partial charge in [-0.2, -0.15) is 0 Å². The third kappa shape index (κ3) is 10.3. The van der Waals surface area contributed by atoms with Gasteiger partial charge >= 0.3 is 5.97 Å². The number of rotatable bonds is 15. The zero-order chi connectivity index (χ0) is 27.3. The van der Waals surface area contributed by atoms with Gasteiger partial charge in [0.25, 0.3) is 0 Å². The predicted octanol–water partition coefficient (Wildman–Crippen LogP) is 7.01. The monoisotopic (exact) mass is 586 g/mol. The second-order valence-corrected chi connectivity index (χ2v) is 10.6. The van der Waals surface area contributed by atoms with Gasteiger partial charge in [-0.1, -0.05) is 101 Å². The average molecular weight is 588 g/mol. The van der Waals surface area contributed by atoms with Crippen molar-refractivity contribution in [2.75, 3.05) is 19.7 Å². The fraction of sp³-hybridized carbons (Fsp3) is 0.242. The number of hydrogen-bond donors (Lipinski definition) is 1. The summed E-state index contributed by atoms with van der Waals surface area (Å²) in [4.78, 5) is 15.8. The van der Waals surface area contributed by atoms with Crippen LogP contribution in [0.2, 0.25) is 0 Å². The molecule has 0 radical (unpaired) electrons. The molecular weight excluding hydrogens is 552 g/mol. The Bertz CT molecular complexity index is 1240. The summed E-state index contributed by atoms with van der Waals surface area (Å²) in [5.74, 6) is 0.0390. The van der Waals surface area contributed by atoms with E-state index in [1.54, 1.807) is 0 Å². The molecule has 0 aromatic heterocycles. The highest BCUT2D eigenvalue weighted by molar-refractivity contribution is 9.10. The molecule has 4 aromatic rings. The van der Waals surface area contributed by atoms with Crippen molar-refractivity contribution in [2.24, 2.45) is 0 Å². The highest BCUT2D eigenvalue weighted by Crippen LogP contribution is 2.18. The molecule has 0 heterocycles. The molecule has 0 amide bonds. The van der Waals surface area contributed by atoms with Crippen LogP contribution in [0.3, 0.4) is 0 Å². The Morgan fingerprint density at radius 3 is 1.74 bits per heavy atom. The Morgan fingerprint density at radius 2 is 1.15 bits per heavy atom. The number of carboxylic acids is 1. The molecule has 5 nitrogen and oxygen atoms in total. The lowest BCUT2D eigenvalue weighted by Crippen LogP contribution is -2.28. The van der Waals surface area contributed by atoms with Gasteiger partial charge in [-0.05, 0) is 46.5 Å². The number of ether oxygens (including phenoxy) is 1. The Kier molecular flexibility index (Phi) is 11.1. The van der Waals surface area contributed by atoms with Gasteiger partial charge in [-0.15, -0.1) is 0 Å². The number of hydrogen-bond acceptors (Lipinski definition) is 4. The molecule has 0 atom stereocenters. The van der Waals surface area contributed by atoms with Crippen molar-refractivity contribution in [2.45, 2.75) is 32.6 Å². The summed E-state index contributed by atoms with van der Waals surface area (Å²) in [5, 5.41) is 9.25. The molecule has 0 fully saturated rings. The molecule has 202 valence electrons. The summed E-state index contributed by atoms with van der Waals surface area (Å²) in [6.45, 7) is 4.88.